The van der Waals surface area contributed by atoms with Crippen molar-refractivity contribution < 1.29 is 4.79 Å². The average Bonchev–Trinajstić information content (AvgIpc) is 2.85. The van der Waals surface area contributed by atoms with Gasteiger partial charge in [0.2, 0.25) is 0 Å². The molecule has 0 aliphatic rings. The largest absolute Gasteiger partial charge is 0.396 e. The predicted molar refractivity (Wildman–Crippen MR) is 85.7 cm³/mol. The second-order valence-electron chi connectivity index (χ2n) is 5.02. The molecule has 0 bridgehead atoms. The summed E-state index contributed by atoms with van der Waals surface area (Å²) in [4.78, 5) is 21.7. The molecule has 2 aromatic heterocycles. The Morgan fingerprint density at radius 3 is 2.67 bits per heavy atom. The van der Waals surface area contributed by atoms with E-state index in [9.17, 15) is 4.79 Å². The third kappa shape index (κ3) is 3.71. The van der Waals surface area contributed by atoms with Crippen LogP contribution < -0.4 is 11.1 Å². The number of carbonyl (C=O) groups excluding carboxylic acids is 1. The van der Waals surface area contributed by atoms with Crippen molar-refractivity contribution in [3.8, 4) is 0 Å². The van der Waals surface area contributed by atoms with Gasteiger partial charge in [-0.05, 0) is 19.1 Å². The fourth-order valence-electron chi connectivity index (χ4n) is 1.76. The molecular weight excluding hydrogens is 308 g/mol. The summed E-state index contributed by atoms with van der Waals surface area (Å²) in [5.41, 5.74) is 6.29. The molecule has 1 amide bonds. The first-order chi connectivity index (χ1) is 9.88. The number of halogens is 1. The third-order valence-electron chi connectivity index (χ3n) is 2.94. The second-order valence-corrected chi connectivity index (χ2v) is 6.77. The number of rotatable bonds is 4. The standard InChI is InChI=1S/C14H17ClN4OS/c1-7(2)13-17-6-9(16)12(19-13)14(20)18-8(3)10-4-5-11(15)21-10/h4-8H,16H2,1-3H3,(H,18,20). The van der Waals surface area contributed by atoms with E-state index in [0.29, 0.717) is 10.2 Å². The SMILES string of the molecule is CC(C)c1ncc(N)c(C(=O)NC(C)c2ccc(Cl)s2)n1. The smallest absolute Gasteiger partial charge is 0.272 e. The lowest BCUT2D eigenvalue weighted by Crippen LogP contribution is -2.28. The maximum absolute atomic E-state index is 12.3. The maximum Gasteiger partial charge on any atom is 0.272 e. The predicted octanol–water partition coefficient (Wildman–Crippen LogP) is 3.39. The van der Waals surface area contributed by atoms with Gasteiger partial charge in [0.1, 0.15) is 5.82 Å². The molecule has 2 rings (SSSR count). The Balaban J connectivity index is 2.18. The summed E-state index contributed by atoms with van der Waals surface area (Å²) < 4.78 is 0.690. The lowest BCUT2D eigenvalue weighted by molar-refractivity contribution is 0.0936. The number of hydrogen-bond donors (Lipinski definition) is 2. The summed E-state index contributed by atoms with van der Waals surface area (Å²) in [5.74, 6) is 0.417. The second kappa shape index (κ2) is 6.41. The fraction of sp³-hybridized carbons (Fsp3) is 0.357. The number of aromatic nitrogens is 2. The van der Waals surface area contributed by atoms with E-state index in [2.05, 4.69) is 15.3 Å². The summed E-state index contributed by atoms with van der Waals surface area (Å²) in [5, 5.41) is 2.88. The Morgan fingerprint density at radius 2 is 2.10 bits per heavy atom. The number of hydrogen-bond acceptors (Lipinski definition) is 5. The summed E-state index contributed by atoms with van der Waals surface area (Å²) in [7, 11) is 0. The minimum Gasteiger partial charge on any atom is -0.396 e. The number of nitrogens with one attached hydrogen (secondary N) is 1. The zero-order chi connectivity index (χ0) is 15.6. The lowest BCUT2D eigenvalue weighted by Gasteiger charge is -2.13. The van der Waals surface area contributed by atoms with E-state index in [0.717, 1.165) is 4.88 Å². The number of thiophene rings is 1. The minimum atomic E-state index is -0.311. The number of amides is 1. The first-order valence-corrected chi connectivity index (χ1v) is 7.76. The highest BCUT2D eigenvalue weighted by Crippen LogP contribution is 2.27. The van der Waals surface area contributed by atoms with Gasteiger partial charge < -0.3 is 11.1 Å². The van der Waals surface area contributed by atoms with Gasteiger partial charge in [-0.2, -0.15) is 0 Å². The van der Waals surface area contributed by atoms with E-state index >= 15 is 0 Å². The van der Waals surface area contributed by atoms with E-state index < -0.39 is 0 Å². The third-order valence-corrected chi connectivity index (χ3v) is 4.35. The molecule has 112 valence electrons. The van der Waals surface area contributed by atoms with Gasteiger partial charge in [-0.15, -0.1) is 11.3 Å². The maximum atomic E-state index is 12.3. The summed E-state index contributed by atoms with van der Waals surface area (Å²) >= 11 is 7.34. The molecule has 3 N–H and O–H groups in total. The van der Waals surface area contributed by atoms with Gasteiger partial charge in [0.25, 0.3) is 5.91 Å². The molecule has 0 aromatic carbocycles. The number of carbonyl (C=O) groups is 1. The van der Waals surface area contributed by atoms with Gasteiger partial charge in [-0.3, -0.25) is 4.79 Å². The molecule has 7 heteroatoms. The molecule has 0 radical (unpaired) electrons. The van der Waals surface area contributed by atoms with Crippen molar-refractivity contribution in [1.29, 1.82) is 0 Å². The summed E-state index contributed by atoms with van der Waals surface area (Å²) in [6.07, 6.45) is 1.48. The molecule has 0 saturated heterocycles. The monoisotopic (exact) mass is 324 g/mol. The quantitative estimate of drug-likeness (QED) is 0.903. The molecule has 0 fully saturated rings. The molecule has 1 atom stereocenters. The van der Waals surface area contributed by atoms with Gasteiger partial charge in [0.05, 0.1) is 22.3 Å². The van der Waals surface area contributed by atoms with Gasteiger partial charge in [-0.1, -0.05) is 25.4 Å². The topological polar surface area (TPSA) is 80.9 Å². The Labute approximate surface area is 132 Å². The molecule has 5 nitrogen and oxygen atoms in total. The lowest BCUT2D eigenvalue weighted by atomic mass is 10.2. The van der Waals surface area contributed by atoms with E-state index in [1.165, 1.54) is 17.5 Å². The number of anilines is 1. The van der Waals surface area contributed by atoms with Crippen molar-refractivity contribution in [2.24, 2.45) is 0 Å². The molecule has 0 aliphatic carbocycles. The van der Waals surface area contributed by atoms with E-state index in [-0.39, 0.29) is 29.2 Å². The Bertz CT molecular complexity index is 656. The number of nitrogen functional groups attached to an aromatic ring is 1. The highest BCUT2D eigenvalue weighted by Gasteiger charge is 2.18. The summed E-state index contributed by atoms with van der Waals surface area (Å²) in [6.45, 7) is 5.81. The average molecular weight is 325 g/mol. The molecule has 0 aliphatic heterocycles. The van der Waals surface area contributed by atoms with Crippen LogP contribution in [0.15, 0.2) is 18.3 Å². The molecular formula is C14H17ClN4OS. The van der Waals surface area contributed by atoms with E-state index in [4.69, 9.17) is 17.3 Å². The van der Waals surface area contributed by atoms with E-state index in [1.807, 2.05) is 26.8 Å². The van der Waals surface area contributed by atoms with Crippen LogP contribution in [0, 0.1) is 0 Å². The van der Waals surface area contributed by atoms with Crippen LogP contribution in [-0.2, 0) is 0 Å². The molecule has 21 heavy (non-hydrogen) atoms. The molecule has 1 unspecified atom stereocenters. The van der Waals surface area contributed by atoms with Crippen LogP contribution >= 0.6 is 22.9 Å². The van der Waals surface area contributed by atoms with Crippen LogP contribution in [0.3, 0.4) is 0 Å². The van der Waals surface area contributed by atoms with Crippen LogP contribution in [-0.4, -0.2) is 15.9 Å². The number of nitrogens with two attached hydrogens (primary N) is 1. The van der Waals surface area contributed by atoms with Gasteiger partial charge in [-0.25, -0.2) is 9.97 Å². The van der Waals surface area contributed by atoms with Gasteiger partial charge >= 0.3 is 0 Å². The van der Waals surface area contributed by atoms with Crippen molar-refractivity contribution in [1.82, 2.24) is 15.3 Å². The summed E-state index contributed by atoms with van der Waals surface area (Å²) in [6, 6.07) is 3.54. The van der Waals surface area contributed by atoms with Crippen LogP contribution in [0.25, 0.3) is 0 Å². The zero-order valence-electron chi connectivity index (χ0n) is 12.1. The molecule has 0 saturated carbocycles. The Hall–Kier alpha value is -1.66. The minimum absolute atomic E-state index is 0.130. The number of nitrogens with zero attached hydrogens (tertiary/aromatic N) is 2. The highest BCUT2D eigenvalue weighted by molar-refractivity contribution is 7.16. The zero-order valence-corrected chi connectivity index (χ0v) is 13.6. The van der Waals surface area contributed by atoms with E-state index in [1.54, 1.807) is 6.07 Å². The fourth-order valence-corrected chi connectivity index (χ4v) is 2.83. The van der Waals surface area contributed by atoms with Crippen LogP contribution in [0.5, 0.6) is 0 Å². The molecule has 0 spiro atoms. The first-order valence-electron chi connectivity index (χ1n) is 6.57. The van der Waals surface area contributed by atoms with Crippen molar-refractivity contribution >= 4 is 34.5 Å². The van der Waals surface area contributed by atoms with Gasteiger partial charge in [0.15, 0.2) is 5.69 Å². The molecule has 2 heterocycles. The van der Waals surface area contributed by atoms with Crippen molar-refractivity contribution in [3.05, 3.63) is 39.1 Å². The van der Waals surface area contributed by atoms with Crippen LogP contribution in [0.1, 0.15) is 53.9 Å². The van der Waals surface area contributed by atoms with Crippen molar-refractivity contribution in [2.75, 3.05) is 5.73 Å². The van der Waals surface area contributed by atoms with Crippen molar-refractivity contribution in [3.63, 3.8) is 0 Å². The highest BCUT2D eigenvalue weighted by atomic mass is 35.5. The Morgan fingerprint density at radius 1 is 1.38 bits per heavy atom. The Kier molecular flexibility index (Phi) is 4.80. The first kappa shape index (κ1) is 15.7. The normalized spacial score (nSPS) is 12.4. The molecule has 2 aromatic rings. The van der Waals surface area contributed by atoms with Crippen LogP contribution in [0.2, 0.25) is 4.34 Å². The van der Waals surface area contributed by atoms with Crippen molar-refractivity contribution in [2.45, 2.75) is 32.7 Å². The van der Waals surface area contributed by atoms with Gasteiger partial charge in [0, 0.05) is 10.8 Å². The van der Waals surface area contributed by atoms with Crippen LogP contribution in [0.4, 0.5) is 5.69 Å².